The molecule has 0 saturated heterocycles. The number of carbonyl (C=O) groups is 1. The number of rotatable bonds is 1. The van der Waals surface area contributed by atoms with Crippen LogP contribution in [0.3, 0.4) is 0 Å². The maximum atomic E-state index is 13.2. The second-order valence-corrected chi connectivity index (χ2v) is 4.98. The van der Waals surface area contributed by atoms with Crippen molar-refractivity contribution < 1.29 is 14.3 Å². The van der Waals surface area contributed by atoms with Crippen molar-refractivity contribution in [3.8, 4) is 0 Å². The summed E-state index contributed by atoms with van der Waals surface area (Å²) in [5.74, 6) is -0.919. The lowest BCUT2D eigenvalue weighted by Gasteiger charge is -2.07. The minimum absolute atomic E-state index is 0.120. The molecule has 1 N–H and O–H groups in total. The maximum absolute atomic E-state index is 13.2. The number of hydrogen-bond acceptors (Lipinski definition) is 1. The average molecular weight is 271 g/mol. The molecule has 1 fully saturated rings. The number of benzene rings is 1. The number of carboxylic acids is 1. The quantitative estimate of drug-likeness (QED) is 0.852. The van der Waals surface area contributed by atoms with Gasteiger partial charge in [-0.25, -0.2) is 4.39 Å². The summed E-state index contributed by atoms with van der Waals surface area (Å²) in [5, 5.41) is 8.92. The minimum atomic E-state index is -0.726. The zero-order chi connectivity index (χ0) is 10.7. The van der Waals surface area contributed by atoms with Gasteiger partial charge < -0.3 is 5.11 Å². The van der Waals surface area contributed by atoms with Crippen LogP contribution in [-0.2, 0) is 11.2 Å². The van der Waals surface area contributed by atoms with Gasteiger partial charge in [0.15, 0.2) is 0 Å². The third kappa shape index (κ3) is 1.11. The topological polar surface area (TPSA) is 37.3 Å². The van der Waals surface area contributed by atoms with Crippen molar-refractivity contribution >= 4 is 21.9 Å². The predicted molar refractivity (Wildman–Crippen MR) is 55.2 cm³/mol. The monoisotopic (exact) mass is 270 g/mol. The molecule has 0 radical (unpaired) electrons. The Balaban J connectivity index is 2.04. The molecule has 4 heteroatoms. The van der Waals surface area contributed by atoms with E-state index in [2.05, 4.69) is 15.9 Å². The first-order chi connectivity index (χ1) is 7.11. The summed E-state index contributed by atoms with van der Waals surface area (Å²) in [6.07, 6.45) is 0.690. The van der Waals surface area contributed by atoms with Gasteiger partial charge in [-0.15, -0.1) is 0 Å². The zero-order valence-corrected chi connectivity index (χ0v) is 9.29. The van der Waals surface area contributed by atoms with Crippen LogP contribution in [0.1, 0.15) is 17.0 Å². The molecule has 0 aliphatic heterocycles. The molecular weight excluding hydrogens is 263 g/mol. The predicted octanol–water partition coefficient (Wildman–Crippen LogP) is 2.56. The second kappa shape index (κ2) is 2.82. The Morgan fingerprint density at radius 2 is 2.27 bits per heavy atom. The van der Waals surface area contributed by atoms with Gasteiger partial charge in [0.05, 0.1) is 10.4 Å². The lowest BCUT2D eigenvalue weighted by molar-refractivity contribution is -0.139. The smallest absolute Gasteiger partial charge is 0.307 e. The number of halogens is 2. The Hall–Kier alpha value is -0.900. The highest BCUT2D eigenvalue weighted by Gasteiger charge is 2.60. The van der Waals surface area contributed by atoms with Gasteiger partial charge in [0.1, 0.15) is 5.82 Å². The molecule has 15 heavy (non-hydrogen) atoms. The molecule has 2 aliphatic carbocycles. The molecule has 1 saturated carbocycles. The van der Waals surface area contributed by atoms with Crippen LogP contribution in [-0.4, -0.2) is 11.1 Å². The summed E-state index contributed by atoms with van der Waals surface area (Å²) in [5.41, 5.74) is 1.98. The third-order valence-corrected chi connectivity index (χ3v) is 4.34. The van der Waals surface area contributed by atoms with Gasteiger partial charge in [-0.1, -0.05) is 6.07 Å². The van der Waals surface area contributed by atoms with Crippen molar-refractivity contribution in [2.45, 2.75) is 12.3 Å². The molecule has 3 atom stereocenters. The Morgan fingerprint density at radius 1 is 1.53 bits per heavy atom. The van der Waals surface area contributed by atoms with E-state index in [4.69, 9.17) is 5.11 Å². The highest BCUT2D eigenvalue weighted by Crippen LogP contribution is 2.62. The molecule has 0 spiro atoms. The van der Waals surface area contributed by atoms with Crippen LogP contribution in [0.2, 0.25) is 0 Å². The largest absolute Gasteiger partial charge is 0.481 e. The Kier molecular flexibility index (Phi) is 1.75. The normalized spacial score (nSPS) is 30.9. The van der Waals surface area contributed by atoms with E-state index in [1.54, 1.807) is 6.07 Å². The van der Waals surface area contributed by atoms with E-state index in [0.717, 1.165) is 11.1 Å². The molecule has 78 valence electrons. The fourth-order valence-corrected chi connectivity index (χ4v) is 3.27. The molecule has 1 aromatic carbocycles. The van der Waals surface area contributed by atoms with Crippen molar-refractivity contribution in [3.05, 3.63) is 33.5 Å². The zero-order valence-electron chi connectivity index (χ0n) is 7.71. The van der Waals surface area contributed by atoms with Crippen molar-refractivity contribution in [1.29, 1.82) is 0 Å². The van der Waals surface area contributed by atoms with E-state index in [9.17, 15) is 9.18 Å². The van der Waals surface area contributed by atoms with Crippen molar-refractivity contribution in [2.75, 3.05) is 0 Å². The molecule has 1 aromatic rings. The van der Waals surface area contributed by atoms with Gasteiger partial charge >= 0.3 is 5.97 Å². The highest BCUT2D eigenvalue weighted by molar-refractivity contribution is 9.10. The van der Waals surface area contributed by atoms with Crippen LogP contribution in [0.5, 0.6) is 0 Å². The molecule has 2 aliphatic rings. The van der Waals surface area contributed by atoms with Crippen LogP contribution in [0.25, 0.3) is 0 Å². The summed E-state index contributed by atoms with van der Waals surface area (Å²) in [4.78, 5) is 10.9. The standard InChI is InChI=1S/C11H8BrFO2/c12-10-5-3-6-8(9(6)11(14)15)4(5)1-2-7(10)13/h1-2,6,8-9H,3H2,(H,14,15). The number of aliphatic carboxylic acids is 1. The highest BCUT2D eigenvalue weighted by atomic mass is 79.9. The van der Waals surface area contributed by atoms with Gasteiger partial charge in [-0.05, 0) is 45.5 Å². The molecule has 0 amide bonds. The van der Waals surface area contributed by atoms with Crippen molar-refractivity contribution in [3.63, 3.8) is 0 Å². The lowest BCUT2D eigenvalue weighted by atomic mass is 10.0. The molecular formula is C11H8BrFO2. The number of hydrogen-bond donors (Lipinski definition) is 1. The first kappa shape index (κ1) is 9.33. The van der Waals surface area contributed by atoms with Crippen LogP contribution < -0.4 is 0 Å². The van der Waals surface area contributed by atoms with E-state index in [0.29, 0.717) is 10.9 Å². The van der Waals surface area contributed by atoms with Gasteiger partial charge in [0.2, 0.25) is 0 Å². The Labute approximate surface area is 94.2 Å². The van der Waals surface area contributed by atoms with Gasteiger partial charge in [-0.2, -0.15) is 0 Å². The van der Waals surface area contributed by atoms with Crippen LogP contribution >= 0.6 is 15.9 Å². The lowest BCUT2D eigenvalue weighted by Crippen LogP contribution is -2.05. The van der Waals surface area contributed by atoms with Crippen LogP contribution in [0, 0.1) is 17.7 Å². The molecule has 2 nitrogen and oxygen atoms in total. The summed E-state index contributed by atoms with van der Waals surface area (Å²) in [6.45, 7) is 0. The van der Waals surface area contributed by atoms with E-state index < -0.39 is 5.97 Å². The number of fused-ring (bicyclic) bond motifs is 3. The van der Waals surface area contributed by atoms with E-state index >= 15 is 0 Å². The fraction of sp³-hybridized carbons (Fsp3) is 0.364. The Bertz CT molecular complexity index is 472. The summed E-state index contributed by atoms with van der Waals surface area (Å²) >= 11 is 3.21. The van der Waals surface area contributed by atoms with E-state index in [1.807, 2.05) is 0 Å². The summed E-state index contributed by atoms with van der Waals surface area (Å²) in [6, 6.07) is 3.13. The SMILES string of the molecule is O=C(O)C1C2Cc3c(ccc(F)c3Br)C21. The average Bonchev–Trinajstić information content (AvgIpc) is 2.78. The molecule has 3 rings (SSSR count). The molecule has 0 bridgehead atoms. The summed E-state index contributed by atoms with van der Waals surface area (Å²) in [7, 11) is 0. The van der Waals surface area contributed by atoms with E-state index in [-0.39, 0.29) is 23.6 Å². The maximum Gasteiger partial charge on any atom is 0.307 e. The molecule has 3 unspecified atom stereocenters. The molecule has 0 aromatic heterocycles. The Morgan fingerprint density at radius 3 is 2.93 bits per heavy atom. The van der Waals surface area contributed by atoms with Crippen LogP contribution in [0.15, 0.2) is 16.6 Å². The van der Waals surface area contributed by atoms with Gasteiger partial charge in [0.25, 0.3) is 0 Å². The summed E-state index contributed by atoms with van der Waals surface area (Å²) < 4.78 is 13.7. The number of carboxylic acid groups (broad SMARTS) is 1. The first-order valence-electron chi connectivity index (χ1n) is 4.81. The third-order valence-electron chi connectivity index (χ3n) is 3.48. The first-order valence-corrected chi connectivity index (χ1v) is 5.60. The molecule has 0 heterocycles. The minimum Gasteiger partial charge on any atom is -0.481 e. The second-order valence-electron chi connectivity index (χ2n) is 4.19. The van der Waals surface area contributed by atoms with Crippen LogP contribution in [0.4, 0.5) is 4.39 Å². The van der Waals surface area contributed by atoms with Gasteiger partial charge in [0, 0.05) is 5.92 Å². The fourth-order valence-electron chi connectivity index (χ4n) is 2.75. The van der Waals surface area contributed by atoms with E-state index in [1.165, 1.54) is 6.07 Å². The van der Waals surface area contributed by atoms with Crippen molar-refractivity contribution in [2.24, 2.45) is 11.8 Å². The van der Waals surface area contributed by atoms with Crippen molar-refractivity contribution in [1.82, 2.24) is 0 Å². The van der Waals surface area contributed by atoms with Gasteiger partial charge in [-0.3, -0.25) is 4.79 Å².